The number of thiazole rings is 1. The lowest BCUT2D eigenvalue weighted by molar-refractivity contribution is 0.0983. The van der Waals surface area contributed by atoms with E-state index in [0.717, 1.165) is 39.0 Å². The van der Waals surface area contributed by atoms with Crippen LogP contribution in [0.5, 0.6) is 5.75 Å². The van der Waals surface area contributed by atoms with E-state index in [2.05, 4.69) is 5.32 Å². The maximum absolute atomic E-state index is 13.8. The number of nitrogens with zero attached hydrogens (tertiary/aromatic N) is 2. The highest BCUT2D eigenvalue weighted by molar-refractivity contribution is 7.12. The Morgan fingerprint density at radius 1 is 1.11 bits per heavy atom. The van der Waals surface area contributed by atoms with Gasteiger partial charge in [0.2, 0.25) is 0 Å². The molecular formula is C27H21ClFN3O3S. The van der Waals surface area contributed by atoms with Crippen molar-refractivity contribution in [1.82, 2.24) is 4.98 Å². The van der Waals surface area contributed by atoms with Gasteiger partial charge in [0.05, 0.1) is 39.6 Å². The maximum Gasteiger partial charge on any atom is 0.262 e. The van der Waals surface area contributed by atoms with Crippen LogP contribution in [-0.2, 0) is 6.42 Å². The molecule has 0 spiro atoms. The summed E-state index contributed by atoms with van der Waals surface area (Å²) in [5, 5.41) is 3.72. The van der Waals surface area contributed by atoms with Gasteiger partial charge in [0, 0.05) is 35.2 Å². The number of ether oxygens (including phenoxy) is 1. The summed E-state index contributed by atoms with van der Waals surface area (Å²) in [6, 6.07) is 16.1. The summed E-state index contributed by atoms with van der Waals surface area (Å²) in [7, 11) is 1.47. The number of aryl methyl sites for hydroxylation is 1. The fourth-order valence-corrected chi connectivity index (χ4v) is 5.46. The van der Waals surface area contributed by atoms with Gasteiger partial charge in [-0.15, -0.1) is 11.3 Å². The molecule has 0 atom stereocenters. The predicted molar refractivity (Wildman–Crippen MR) is 140 cm³/mol. The minimum atomic E-state index is -0.530. The van der Waals surface area contributed by atoms with E-state index in [1.54, 1.807) is 34.4 Å². The van der Waals surface area contributed by atoms with Crippen molar-refractivity contribution in [1.29, 1.82) is 0 Å². The first kappa shape index (κ1) is 24.0. The molecule has 2 amide bonds. The smallest absolute Gasteiger partial charge is 0.262 e. The quantitative estimate of drug-likeness (QED) is 0.338. The number of para-hydroxylation sites is 1. The Balaban J connectivity index is 1.44. The monoisotopic (exact) mass is 521 g/mol. The number of fused-ring (bicyclic) bond motifs is 3. The van der Waals surface area contributed by atoms with Crippen LogP contribution in [0, 0.1) is 12.7 Å². The summed E-state index contributed by atoms with van der Waals surface area (Å²) >= 11 is 7.66. The summed E-state index contributed by atoms with van der Waals surface area (Å²) in [4.78, 5) is 34.0. The summed E-state index contributed by atoms with van der Waals surface area (Å²) in [6.45, 7) is 2.48. The molecule has 2 heterocycles. The van der Waals surface area contributed by atoms with Gasteiger partial charge in [0.25, 0.3) is 11.8 Å². The van der Waals surface area contributed by atoms with Crippen molar-refractivity contribution in [3.63, 3.8) is 0 Å². The second-order valence-electron chi connectivity index (χ2n) is 8.22. The number of carbonyl (C=O) groups is 2. The van der Waals surface area contributed by atoms with Crippen LogP contribution < -0.4 is 15.0 Å². The van der Waals surface area contributed by atoms with Gasteiger partial charge < -0.3 is 15.0 Å². The number of hydrogen-bond acceptors (Lipinski definition) is 5. The lowest BCUT2D eigenvalue weighted by Gasteiger charge is -2.24. The highest BCUT2D eigenvalue weighted by Gasteiger charge is 2.28. The number of carbonyl (C=O) groups excluding carboxylic acids is 2. The first-order chi connectivity index (χ1) is 17.4. The van der Waals surface area contributed by atoms with Gasteiger partial charge >= 0.3 is 0 Å². The van der Waals surface area contributed by atoms with E-state index in [1.807, 2.05) is 31.2 Å². The van der Waals surface area contributed by atoms with Gasteiger partial charge in [-0.05, 0) is 43.3 Å². The summed E-state index contributed by atoms with van der Waals surface area (Å²) < 4.78 is 18.9. The Labute approximate surface area is 216 Å². The van der Waals surface area contributed by atoms with Crippen LogP contribution in [0.2, 0.25) is 5.02 Å². The molecule has 6 nitrogen and oxygen atoms in total. The molecule has 36 heavy (non-hydrogen) atoms. The van der Waals surface area contributed by atoms with E-state index in [4.69, 9.17) is 21.3 Å². The number of anilines is 2. The molecular weight excluding hydrogens is 501 g/mol. The fourth-order valence-electron chi connectivity index (χ4n) is 4.27. The number of aromatic nitrogens is 1. The van der Waals surface area contributed by atoms with E-state index in [9.17, 15) is 14.0 Å². The number of methoxy groups -OCH3 is 1. The van der Waals surface area contributed by atoms with Crippen molar-refractivity contribution >= 4 is 46.1 Å². The number of halogens is 2. The summed E-state index contributed by atoms with van der Waals surface area (Å²) in [5.74, 6) is -0.937. The van der Waals surface area contributed by atoms with Gasteiger partial charge in [-0.25, -0.2) is 9.37 Å². The van der Waals surface area contributed by atoms with Crippen molar-refractivity contribution in [2.24, 2.45) is 0 Å². The van der Waals surface area contributed by atoms with Crippen LogP contribution in [0.4, 0.5) is 15.8 Å². The normalized spacial score (nSPS) is 12.4. The Morgan fingerprint density at radius 2 is 1.89 bits per heavy atom. The van der Waals surface area contributed by atoms with E-state index in [-0.39, 0.29) is 16.5 Å². The second-order valence-corrected chi connectivity index (χ2v) is 9.92. The minimum Gasteiger partial charge on any atom is -0.496 e. The highest BCUT2D eigenvalue weighted by Crippen LogP contribution is 2.39. The standard InChI is InChI=1S/C27H21ClFN3O3S/c1-15-30-25-19-5-3-4-6-22(19)32(12-11-24(25)36-15)27(34)20-10-8-17(14-23(20)35-2)31-26(33)18-9-7-16(29)13-21(18)28/h3-10,13-14H,11-12H2,1-2H3,(H,31,33). The first-order valence-corrected chi connectivity index (χ1v) is 12.4. The van der Waals surface area contributed by atoms with Gasteiger partial charge in [-0.3, -0.25) is 9.59 Å². The fraction of sp³-hybridized carbons (Fsp3) is 0.148. The highest BCUT2D eigenvalue weighted by atomic mass is 35.5. The molecule has 1 aromatic heterocycles. The zero-order valence-corrected chi connectivity index (χ0v) is 21.0. The van der Waals surface area contributed by atoms with Crippen LogP contribution in [0.15, 0.2) is 60.7 Å². The molecule has 0 saturated heterocycles. The number of nitrogens with one attached hydrogen (secondary N) is 1. The maximum atomic E-state index is 13.8. The summed E-state index contributed by atoms with van der Waals surface area (Å²) in [6.07, 6.45) is 0.691. The van der Waals surface area contributed by atoms with Gasteiger partial charge in [0.1, 0.15) is 11.6 Å². The average Bonchev–Trinajstić information content (AvgIpc) is 3.17. The van der Waals surface area contributed by atoms with E-state index in [1.165, 1.54) is 13.2 Å². The zero-order chi connectivity index (χ0) is 25.4. The molecule has 4 aromatic rings. The molecule has 0 radical (unpaired) electrons. The van der Waals surface area contributed by atoms with Crippen LogP contribution in [0.3, 0.4) is 0 Å². The molecule has 5 rings (SSSR count). The Hall–Kier alpha value is -3.75. The van der Waals surface area contributed by atoms with Gasteiger partial charge in [0.15, 0.2) is 0 Å². The Kier molecular flexibility index (Phi) is 6.47. The van der Waals surface area contributed by atoms with Crippen molar-refractivity contribution < 1.29 is 18.7 Å². The lowest BCUT2D eigenvalue weighted by Crippen LogP contribution is -2.32. The molecule has 1 N–H and O–H groups in total. The molecule has 0 saturated carbocycles. The second kappa shape index (κ2) is 9.72. The SMILES string of the molecule is COc1cc(NC(=O)c2ccc(F)cc2Cl)ccc1C(=O)N1CCc2sc(C)nc2-c2ccccc21. The lowest BCUT2D eigenvalue weighted by atomic mass is 10.1. The molecule has 0 fully saturated rings. The topological polar surface area (TPSA) is 71.5 Å². The molecule has 0 bridgehead atoms. The predicted octanol–water partition coefficient (Wildman–Crippen LogP) is 6.37. The zero-order valence-electron chi connectivity index (χ0n) is 19.5. The third-order valence-corrected chi connectivity index (χ3v) is 7.27. The summed E-state index contributed by atoms with van der Waals surface area (Å²) in [5.41, 5.74) is 3.53. The van der Waals surface area contributed by atoms with Gasteiger partial charge in [-0.2, -0.15) is 0 Å². The van der Waals surface area contributed by atoms with E-state index >= 15 is 0 Å². The average molecular weight is 522 g/mol. The molecule has 1 aliphatic rings. The van der Waals surface area contributed by atoms with Crippen molar-refractivity contribution in [2.45, 2.75) is 13.3 Å². The van der Waals surface area contributed by atoms with Crippen LogP contribution in [-0.4, -0.2) is 30.5 Å². The van der Waals surface area contributed by atoms with E-state index in [0.29, 0.717) is 30.0 Å². The number of benzene rings is 3. The van der Waals surface area contributed by atoms with Crippen LogP contribution in [0.25, 0.3) is 11.3 Å². The van der Waals surface area contributed by atoms with Gasteiger partial charge in [-0.1, -0.05) is 29.8 Å². The Morgan fingerprint density at radius 3 is 2.67 bits per heavy atom. The van der Waals surface area contributed by atoms with Crippen LogP contribution in [0.1, 0.15) is 30.6 Å². The molecule has 182 valence electrons. The third-order valence-electron chi connectivity index (χ3n) is 5.93. The third kappa shape index (κ3) is 4.45. The Bertz CT molecular complexity index is 1500. The molecule has 1 aliphatic heterocycles. The number of hydrogen-bond donors (Lipinski definition) is 1. The molecule has 0 aliphatic carbocycles. The number of amides is 2. The van der Waals surface area contributed by atoms with Crippen molar-refractivity contribution in [3.05, 3.63) is 92.5 Å². The van der Waals surface area contributed by atoms with Crippen molar-refractivity contribution in [2.75, 3.05) is 23.9 Å². The molecule has 3 aromatic carbocycles. The first-order valence-electron chi connectivity index (χ1n) is 11.2. The van der Waals surface area contributed by atoms with Crippen LogP contribution >= 0.6 is 22.9 Å². The largest absolute Gasteiger partial charge is 0.496 e. The minimum absolute atomic E-state index is 0.00397. The van der Waals surface area contributed by atoms with Crippen molar-refractivity contribution in [3.8, 4) is 17.0 Å². The molecule has 0 unspecified atom stereocenters. The molecule has 9 heteroatoms. The number of rotatable bonds is 4. The van der Waals surface area contributed by atoms with E-state index < -0.39 is 11.7 Å².